The Kier molecular flexibility index (Phi) is 5.24. The standard InChI is InChI=1S/C15H22ClNO2/c1-10(9-15(2,3)4)8-13(18)17-12-7-5-6-11(16)14(12)19/h5-7,10,19H,8-9H2,1-4H3,(H,17,18). The van der Waals surface area contributed by atoms with Crippen molar-refractivity contribution in [2.24, 2.45) is 11.3 Å². The molecule has 0 saturated heterocycles. The van der Waals surface area contributed by atoms with E-state index in [1.54, 1.807) is 18.2 Å². The molecule has 1 atom stereocenters. The molecule has 0 heterocycles. The van der Waals surface area contributed by atoms with E-state index in [2.05, 4.69) is 33.0 Å². The van der Waals surface area contributed by atoms with E-state index in [0.29, 0.717) is 18.0 Å². The number of para-hydroxylation sites is 1. The summed E-state index contributed by atoms with van der Waals surface area (Å²) in [5, 5.41) is 12.7. The maximum absolute atomic E-state index is 11.9. The average Bonchev–Trinajstić information content (AvgIpc) is 2.21. The topological polar surface area (TPSA) is 49.3 Å². The number of hydrogen-bond acceptors (Lipinski definition) is 2. The van der Waals surface area contributed by atoms with Crippen molar-refractivity contribution in [1.29, 1.82) is 0 Å². The normalized spacial score (nSPS) is 13.1. The third-order valence-corrected chi connectivity index (χ3v) is 3.06. The molecule has 0 bridgehead atoms. The summed E-state index contributed by atoms with van der Waals surface area (Å²) in [5.41, 5.74) is 0.568. The molecule has 1 amide bonds. The zero-order chi connectivity index (χ0) is 14.6. The van der Waals surface area contributed by atoms with Gasteiger partial charge in [-0.1, -0.05) is 45.4 Å². The van der Waals surface area contributed by atoms with Crippen LogP contribution in [0.15, 0.2) is 18.2 Å². The second-order valence-electron chi connectivity index (χ2n) is 6.26. The number of halogens is 1. The minimum Gasteiger partial charge on any atom is -0.504 e. The van der Waals surface area contributed by atoms with Crippen molar-refractivity contribution in [3.8, 4) is 5.75 Å². The van der Waals surface area contributed by atoms with Crippen molar-refractivity contribution < 1.29 is 9.90 Å². The summed E-state index contributed by atoms with van der Waals surface area (Å²) in [7, 11) is 0. The number of anilines is 1. The van der Waals surface area contributed by atoms with E-state index >= 15 is 0 Å². The second-order valence-corrected chi connectivity index (χ2v) is 6.67. The average molecular weight is 284 g/mol. The number of aromatic hydroxyl groups is 1. The van der Waals surface area contributed by atoms with Gasteiger partial charge in [0.2, 0.25) is 5.91 Å². The number of carbonyl (C=O) groups is 1. The second kappa shape index (κ2) is 6.29. The zero-order valence-corrected chi connectivity index (χ0v) is 12.7. The fraction of sp³-hybridized carbons (Fsp3) is 0.533. The lowest BCUT2D eigenvalue weighted by atomic mass is 9.84. The number of phenols is 1. The fourth-order valence-electron chi connectivity index (χ4n) is 2.25. The molecule has 1 aromatic carbocycles. The molecule has 19 heavy (non-hydrogen) atoms. The number of amides is 1. The summed E-state index contributed by atoms with van der Waals surface area (Å²) in [4.78, 5) is 11.9. The van der Waals surface area contributed by atoms with E-state index in [9.17, 15) is 9.90 Å². The maximum atomic E-state index is 11.9. The van der Waals surface area contributed by atoms with Gasteiger partial charge in [-0.2, -0.15) is 0 Å². The first-order valence-corrected chi connectivity index (χ1v) is 6.84. The van der Waals surface area contributed by atoms with Crippen LogP contribution < -0.4 is 5.32 Å². The van der Waals surface area contributed by atoms with E-state index in [4.69, 9.17) is 11.6 Å². The maximum Gasteiger partial charge on any atom is 0.224 e. The van der Waals surface area contributed by atoms with Crippen molar-refractivity contribution in [2.45, 2.75) is 40.5 Å². The third-order valence-electron chi connectivity index (χ3n) is 2.76. The van der Waals surface area contributed by atoms with E-state index in [0.717, 1.165) is 6.42 Å². The van der Waals surface area contributed by atoms with Gasteiger partial charge in [0.25, 0.3) is 0 Å². The smallest absolute Gasteiger partial charge is 0.224 e. The first-order chi connectivity index (χ1) is 8.69. The number of carbonyl (C=O) groups excluding carboxylic acids is 1. The Hall–Kier alpha value is -1.22. The van der Waals surface area contributed by atoms with Crippen molar-refractivity contribution in [3.63, 3.8) is 0 Å². The number of benzene rings is 1. The predicted octanol–water partition coefficient (Wildman–Crippen LogP) is 4.45. The Labute approximate surface area is 120 Å². The fourth-order valence-corrected chi connectivity index (χ4v) is 2.43. The molecule has 0 fully saturated rings. The van der Waals surface area contributed by atoms with Gasteiger partial charge in [-0.3, -0.25) is 4.79 Å². The van der Waals surface area contributed by atoms with Crippen molar-refractivity contribution >= 4 is 23.2 Å². The highest BCUT2D eigenvalue weighted by Crippen LogP contribution is 2.32. The molecule has 0 aliphatic rings. The van der Waals surface area contributed by atoms with Crippen LogP contribution in [-0.4, -0.2) is 11.0 Å². The van der Waals surface area contributed by atoms with Crippen LogP contribution in [0.1, 0.15) is 40.5 Å². The molecule has 0 aliphatic heterocycles. The highest BCUT2D eigenvalue weighted by Gasteiger charge is 2.18. The van der Waals surface area contributed by atoms with Crippen LogP contribution in [-0.2, 0) is 4.79 Å². The van der Waals surface area contributed by atoms with Gasteiger partial charge in [0.1, 0.15) is 0 Å². The van der Waals surface area contributed by atoms with Gasteiger partial charge >= 0.3 is 0 Å². The molecule has 3 nitrogen and oxygen atoms in total. The van der Waals surface area contributed by atoms with E-state index in [1.807, 2.05) is 0 Å². The van der Waals surface area contributed by atoms with Gasteiger partial charge in [0.15, 0.2) is 5.75 Å². The van der Waals surface area contributed by atoms with Crippen molar-refractivity contribution in [3.05, 3.63) is 23.2 Å². The lowest BCUT2D eigenvalue weighted by Gasteiger charge is -2.22. The van der Waals surface area contributed by atoms with Crippen LogP contribution >= 0.6 is 11.6 Å². The lowest BCUT2D eigenvalue weighted by Crippen LogP contribution is -2.18. The molecular weight excluding hydrogens is 262 g/mol. The van der Waals surface area contributed by atoms with Crippen LogP contribution in [0.25, 0.3) is 0 Å². The molecule has 1 aromatic rings. The first kappa shape index (κ1) is 15.8. The highest BCUT2D eigenvalue weighted by molar-refractivity contribution is 6.32. The molecule has 0 aliphatic carbocycles. The van der Waals surface area contributed by atoms with Gasteiger partial charge < -0.3 is 10.4 Å². The summed E-state index contributed by atoms with van der Waals surface area (Å²) in [5.74, 6) is 0.108. The minimum atomic E-state index is -0.102. The van der Waals surface area contributed by atoms with Gasteiger partial charge in [-0.05, 0) is 29.9 Å². The van der Waals surface area contributed by atoms with Crippen molar-refractivity contribution in [2.75, 3.05) is 5.32 Å². The van der Waals surface area contributed by atoms with Crippen molar-refractivity contribution in [1.82, 2.24) is 0 Å². The molecule has 106 valence electrons. The van der Waals surface area contributed by atoms with Crippen LogP contribution in [0.2, 0.25) is 5.02 Å². The number of rotatable bonds is 4. The molecule has 0 spiro atoms. The SMILES string of the molecule is CC(CC(=O)Nc1cccc(Cl)c1O)CC(C)(C)C. The molecule has 1 rings (SSSR count). The van der Waals surface area contributed by atoms with Crippen LogP contribution in [0.4, 0.5) is 5.69 Å². The summed E-state index contributed by atoms with van der Waals surface area (Å²) >= 11 is 5.79. The first-order valence-electron chi connectivity index (χ1n) is 6.46. The third kappa shape index (κ3) is 5.52. The van der Waals surface area contributed by atoms with Gasteiger partial charge in [0.05, 0.1) is 10.7 Å². The zero-order valence-electron chi connectivity index (χ0n) is 12.0. The Balaban J connectivity index is 2.58. The van der Waals surface area contributed by atoms with Crippen LogP contribution in [0.5, 0.6) is 5.75 Å². The molecule has 0 aromatic heterocycles. The summed E-state index contributed by atoms with van der Waals surface area (Å²) in [6.45, 7) is 8.53. The Bertz CT molecular complexity index is 452. The predicted molar refractivity (Wildman–Crippen MR) is 79.6 cm³/mol. The van der Waals surface area contributed by atoms with E-state index in [-0.39, 0.29) is 22.1 Å². The van der Waals surface area contributed by atoms with Crippen LogP contribution in [0, 0.1) is 11.3 Å². The molecule has 0 radical (unpaired) electrons. The Morgan fingerprint density at radius 2 is 2.05 bits per heavy atom. The Morgan fingerprint density at radius 3 is 2.63 bits per heavy atom. The summed E-state index contributed by atoms with van der Waals surface area (Å²) in [6, 6.07) is 4.90. The molecule has 4 heteroatoms. The van der Waals surface area contributed by atoms with Gasteiger partial charge in [-0.15, -0.1) is 0 Å². The molecular formula is C15H22ClNO2. The van der Waals surface area contributed by atoms with E-state index < -0.39 is 0 Å². The van der Waals surface area contributed by atoms with E-state index in [1.165, 1.54) is 0 Å². The minimum absolute atomic E-state index is 0.0824. The monoisotopic (exact) mass is 283 g/mol. The van der Waals surface area contributed by atoms with Gasteiger partial charge in [0, 0.05) is 6.42 Å². The summed E-state index contributed by atoms with van der Waals surface area (Å²) < 4.78 is 0. The molecule has 0 saturated carbocycles. The number of phenolic OH excluding ortho intramolecular Hbond substituents is 1. The lowest BCUT2D eigenvalue weighted by molar-refractivity contribution is -0.117. The molecule has 1 unspecified atom stereocenters. The van der Waals surface area contributed by atoms with Gasteiger partial charge in [-0.25, -0.2) is 0 Å². The number of hydrogen-bond donors (Lipinski definition) is 2. The van der Waals surface area contributed by atoms with Crippen LogP contribution in [0.3, 0.4) is 0 Å². The number of nitrogens with one attached hydrogen (secondary N) is 1. The Morgan fingerprint density at radius 1 is 1.42 bits per heavy atom. The largest absolute Gasteiger partial charge is 0.504 e. The highest BCUT2D eigenvalue weighted by atomic mass is 35.5. The quantitative estimate of drug-likeness (QED) is 0.802. The molecule has 2 N–H and O–H groups in total. The summed E-state index contributed by atoms with van der Waals surface area (Å²) in [6.07, 6.45) is 1.41.